The topological polar surface area (TPSA) is 47.8 Å². The Morgan fingerprint density at radius 3 is 2.88 bits per heavy atom. The van der Waals surface area contributed by atoms with Gasteiger partial charge in [0.2, 0.25) is 0 Å². The Morgan fingerprint density at radius 1 is 1.56 bits per heavy atom. The third-order valence-electron chi connectivity index (χ3n) is 2.00. The molecule has 0 saturated heterocycles. The number of hydrogen-bond donors (Lipinski definition) is 0. The summed E-state index contributed by atoms with van der Waals surface area (Å²) in [4.78, 5) is 15.2. The second-order valence-electron chi connectivity index (χ2n) is 3.14. The number of hydrogen-bond acceptors (Lipinski definition) is 3. The Kier molecular flexibility index (Phi) is 2.82. The summed E-state index contributed by atoms with van der Waals surface area (Å²) in [7, 11) is 0. The lowest BCUT2D eigenvalue weighted by molar-refractivity contribution is 0.101. The predicted molar refractivity (Wildman–Crippen MR) is 59.0 cm³/mol. The van der Waals surface area contributed by atoms with Crippen molar-refractivity contribution < 1.29 is 9.18 Å². The molecule has 82 valence electrons. The van der Waals surface area contributed by atoms with Crippen molar-refractivity contribution in [2.24, 2.45) is 0 Å². The molecule has 0 aliphatic rings. The maximum absolute atomic E-state index is 13.4. The maximum Gasteiger partial charge on any atom is 0.180 e. The van der Waals surface area contributed by atoms with E-state index < -0.39 is 5.82 Å². The van der Waals surface area contributed by atoms with Gasteiger partial charge >= 0.3 is 0 Å². The van der Waals surface area contributed by atoms with Crippen molar-refractivity contribution in [2.75, 3.05) is 0 Å². The van der Waals surface area contributed by atoms with Crippen molar-refractivity contribution in [2.45, 2.75) is 6.92 Å². The van der Waals surface area contributed by atoms with Crippen molar-refractivity contribution in [3.8, 4) is 5.69 Å². The highest BCUT2D eigenvalue weighted by atomic mass is 79.9. The minimum Gasteiger partial charge on any atom is -0.293 e. The van der Waals surface area contributed by atoms with Gasteiger partial charge in [0.15, 0.2) is 11.6 Å². The van der Waals surface area contributed by atoms with E-state index in [0.29, 0.717) is 5.69 Å². The second-order valence-corrected chi connectivity index (χ2v) is 3.89. The number of carbonyl (C=O) groups excluding carboxylic acids is 1. The van der Waals surface area contributed by atoms with Crippen molar-refractivity contribution >= 4 is 21.7 Å². The molecule has 6 heteroatoms. The van der Waals surface area contributed by atoms with Crippen LogP contribution >= 0.6 is 15.9 Å². The molecule has 0 aliphatic heterocycles. The van der Waals surface area contributed by atoms with Crippen LogP contribution in [0.2, 0.25) is 0 Å². The Bertz CT molecular complexity index is 539. The number of Topliss-reactive ketones (excluding diaryl/α,β-unsaturated/α-hetero) is 1. The van der Waals surface area contributed by atoms with Crippen LogP contribution in [-0.4, -0.2) is 20.5 Å². The largest absolute Gasteiger partial charge is 0.293 e. The van der Waals surface area contributed by atoms with Gasteiger partial charge in [-0.2, -0.15) is 5.10 Å². The Morgan fingerprint density at radius 2 is 2.31 bits per heavy atom. The molecule has 0 spiro atoms. The van der Waals surface area contributed by atoms with Crippen LogP contribution in [0.25, 0.3) is 5.69 Å². The lowest BCUT2D eigenvalue weighted by atomic mass is 10.2. The zero-order chi connectivity index (χ0) is 11.7. The molecule has 0 atom stereocenters. The number of pyridine rings is 1. The summed E-state index contributed by atoms with van der Waals surface area (Å²) in [6, 6.07) is 2.91. The molecular formula is C10H7BrFN3O. The van der Waals surface area contributed by atoms with Gasteiger partial charge in [-0.1, -0.05) is 0 Å². The molecule has 0 unspecified atom stereocenters. The first-order valence-electron chi connectivity index (χ1n) is 4.46. The molecule has 0 N–H and O–H groups in total. The fourth-order valence-electron chi connectivity index (χ4n) is 1.30. The Hall–Kier alpha value is -1.56. The third-order valence-corrected chi connectivity index (χ3v) is 2.55. The first kappa shape index (κ1) is 10.9. The van der Waals surface area contributed by atoms with E-state index in [1.165, 1.54) is 17.7 Å². The molecule has 0 aliphatic carbocycles. The van der Waals surface area contributed by atoms with E-state index in [2.05, 4.69) is 26.0 Å². The number of nitrogens with zero attached hydrogens (tertiary/aromatic N) is 3. The summed E-state index contributed by atoms with van der Waals surface area (Å²) in [5.41, 5.74) is 0.509. The number of carbonyl (C=O) groups is 1. The van der Waals surface area contributed by atoms with Gasteiger partial charge in [-0.3, -0.25) is 4.79 Å². The van der Waals surface area contributed by atoms with Gasteiger partial charge in [-0.25, -0.2) is 14.1 Å². The third kappa shape index (κ3) is 1.88. The molecule has 0 bridgehead atoms. The zero-order valence-corrected chi connectivity index (χ0v) is 9.90. The summed E-state index contributed by atoms with van der Waals surface area (Å²) in [5.74, 6) is -0.776. The Balaban J connectivity index is 2.68. The highest BCUT2D eigenvalue weighted by molar-refractivity contribution is 9.10. The lowest BCUT2D eigenvalue weighted by Crippen LogP contribution is -2.08. The minimum absolute atomic E-state index is 0.0219. The van der Waals surface area contributed by atoms with Crippen molar-refractivity contribution in [3.63, 3.8) is 0 Å². The van der Waals surface area contributed by atoms with Crippen molar-refractivity contribution in [1.82, 2.24) is 14.8 Å². The highest BCUT2D eigenvalue weighted by Gasteiger charge is 2.15. The average Bonchev–Trinajstić information content (AvgIpc) is 2.74. The number of rotatable bonds is 2. The number of ketones is 1. The summed E-state index contributed by atoms with van der Waals surface area (Å²) < 4.78 is 14.8. The van der Waals surface area contributed by atoms with Crippen LogP contribution in [0.4, 0.5) is 4.39 Å². The number of halogens is 2. The summed E-state index contributed by atoms with van der Waals surface area (Å²) >= 11 is 2.94. The van der Waals surface area contributed by atoms with E-state index in [4.69, 9.17) is 0 Å². The molecule has 4 nitrogen and oxygen atoms in total. The van der Waals surface area contributed by atoms with Gasteiger partial charge in [0.05, 0.1) is 5.69 Å². The minimum atomic E-state index is -0.532. The standard InChI is InChI=1S/C10H7BrFN3O/c1-6(16)9-8(15-4-2-3-13-15)5-7(12)10(11)14-9/h2-5H,1H3. The van der Waals surface area contributed by atoms with E-state index >= 15 is 0 Å². The summed E-state index contributed by atoms with van der Waals surface area (Å²) in [5, 5.41) is 3.94. The van der Waals surface area contributed by atoms with Crippen molar-refractivity contribution in [1.29, 1.82) is 0 Å². The van der Waals surface area contributed by atoms with Crippen LogP contribution in [-0.2, 0) is 0 Å². The van der Waals surface area contributed by atoms with Crippen LogP contribution in [0, 0.1) is 5.82 Å². The van der Waals surface area contributed by atoms with Gasteiger partial charge in [0, 0.05) is 25.4 Å². The van der Waals surface area contributed by atoms with Gasteiger partial charge in [0.1, 0.15) is 10.3 Å². The summed E-state index contributed by atoms with van der Waals surface area (Å²) in [6.45, 7) is 1.37. The molecule has 2 aromatic rings. The number of aromatic nitrogens is 3. The highest BCUT2D eigenvalue weighted by Crippen LogP contribution is 2.20. The van der Waals surface area contributed by atoms with Gasteiger partial charge < -0.3 is 0 Å². The van der Waals surface area contributed by atoms with E-state index in [-0.39, 0.29) is 16.1 Å². The molecule has 0 saturated carbocycles. The van der Waals surface area contributed by atoms with E-state index in [1.807, 2.05) is 0 Å². The SMILES string of the molecule is CC(=O)c1nc(Br)c(F)cc1-n1cccn1. The second kappa shape index (κ2) is 4.13. The van der Waals surface area contributed by atoms with E-state index in [0.717, 1.165) is 0 Å². The Labute approximate surface area is 99.2 Å². The molecule has 2 aromatic heterocycles. The molecule has 2 rings (SSSR count). The summed E-state index contributed by atoms with van der Waals surface area (Å²) in [6.07, 6.45) is 3.17. The molecule has 0 amide bonds. The molecular weight excluding hydrogens is 277 g/mol. The van der Waals surface area contributed by atoms with Crippen LogP contribution < -0.4 is 0 Å². The van der Waals surface area contributed by atoms with Crippen LogP contribution in [0.5, 0.6) is 0 Å². The molecule has 0 fully saturated rings. The first-order chi connectivity index (χ1) is 7.59. The van der Waals surface area contributed by atoms with Crippen LogP contribution in [0.3, 0.4) is 0 Å². The fourth-order valence-corrected chi connectivity index (χ4v) is 1.59. The molecule has 16 heavy (non-hydrogen) atoms. The average molecular weight is 284 g/mol. The van der Waals surface area contributed by atoms with Gasteiger partial charge in [-0.15, -0.1) is 0 Å². The molecule has 0 aromatic carbocycles. The quantitative estimate of drug-likeness (QED) is 0.628. The maximum atomic E-state index is 13.4. The monoisotopic (exact) mass is 283 g/mol. The van der Waals surface area contributed by atoms with Crippen molar-refractivity contribution in [3.05, 3.63) is 40.6 Å². The van der Waals surface area contributed by atoms with Gasteiger partial charge in [-0.05, 0) is 22.0 Å². The van der Waals surface area contributed by atoms with Crippen LogP contribution in [0.1, 0.15) is 17.4 Å². The smallest absolute Gasteiger partial charge is 0.180 e. The first-order valence-corrected chi connectivity index (χ1v) is 5.26. The normalized spacial score (nSPS) is 10.4. The lowest BCUT2D eigenvalue weighted by Gasteiger charge is -2.07. The van der Waals surface area contributed by atoms with E-state index in [1.54, 1.807) is 18.5 Å². The predicted octanol–water partition coefficient (Wildman–Crippen LogP) is 2.37. The van der Waals surface area contributed by atoms with E-state index in [9.17, 15) is 9.18 Å². The van der Waals surface area contributed by atoms with Crippen LogP contribution in [0.15, 0.2) is 29.1 Å². The fraction of sp³-hybridized carbons (Fsp3) is 0.100. The molecule has 2 heterocycles. The molecule has 0 radical (unpaired) electrons. The zero-order valence-electron chi connectivity index (χ0n) is 8.32. The van der Waals surface area contributed by atoms with Gasteiger partial charge in [0.25, 0.3) is 0 Å².